The summed E-state index contributed by atoms with van der Waals surface area (Å²) < 4.78 is 5.11. The molecule has 0 aliphatic rings. The smallest absolute Gasteiger partial charge is 0.238 e. The van der Waals surface area contributed by atoms with Gasteiger partial charge in [0.15, 0.2) is 0 Å². The van der Waals surface area contributed by atoms with E-state index >= 15 is 0 Å². The first kappa shape index (κ1) is 14.5. The number of ether oxygens (including phenoxy) is 1. The van der Waals surface area contributed by atoms with Gasteiger partial charge in [-0.05, 0) is 19.1 Å². The zero-order valence-corrected chi connectivity index (χ0v) is 12.2. The van der Waals surface area contributed by atoms with Crippen molar-refractivity contribution in [1.29, 1.82) is 0 Å². The van der Waals surface area contributed by atoms with E-state index in [1.165, 1.54) is 0 Å². The Morgan fingerprint density at radius 2 is 2.35 bits per heavy atom. The monoisotopic (exact) mass is 291 g/mol. The molecule has 1 aromatic carbocycles. The quantitative estimate of drug-likeness (QED) is 0.858. The maximum atomic E-state index is 11.9. The number of carbonyl (C=O) groups excluding carboxylic acids is 1. The highest BCUT2D eigenvalue weighted by Crippen LogP contribution is 2.17. The Hall–Kier alpha value is -1.92. The Kier molecular flexibility index (Phi) is 5.09. The van der Waals surface area contributed by atoms with Crippen molar-refractivity contribution < 1.29 is 9.53 Å². The summed E-state index contributed by atoms with van der Waals surface area (Å²) >= 11 is 1.57. The normalized spacial score (nSPS) is 11.9. The van der Waals surface area contributed by atoms with Crippen molar-refractivity contribution in [2.45, 2.75) is 13.0 Å². The Morgan fingerprint density at radius 1 is 1.50 bits per heavy atom. The molecular weight excluding hydrogens is 274 g/mol. The van der Waals surface area contributed by atoms with Gasteiger partial charge in [-0.1, -0.05) is 6.07 Å². The first-order chi connectivity index (χ1) is 9.69. The van der Waals surface area contributed by atoms with Crippen molar-refractivity contribution in [1.82, 2.24) is 10.3 Å². The Bertz CT molecular complexity index is 557. The van der Waals surface area contributed by atoms with Crippen LogP contribution >= 0.6 is 11.3 Å². The van der Waals surface area contributed by atoms with Gasteiger partial charge in [0.2, 0.25) is 5.91 Å². The van der Waals surface area contributed by atoms with E-state index in [-0.39, 0.29) is 18.5 Å². The average Bonchev–Trinajstić information content (AvgIpc) is 2.99. The minimum absolute atomic E-state index is 0.0612. The molecule has 2 rings (SSSR count). The molecule has 106 valence electrons. The topological polar surface area (TPSA) is 63.2 Å². The lowest BCUT2D eigenvalue weighted by molar-refractivity contribution is -0.115. The molecule has 2 N–H and O–H groups in total. The number of hydrogen-bond donors (Lipinski definition) is 2. The molecule has 6 heteroatoms. The number of methoxy groups -OCH3 is 1. The van der Waals surface area contributed by atoms with Crippen LogP contribution in [0.15, 0.2) is 35.8 Å². The van der Waals surface area contributed by atoms with E-state index < -0.39 is 0 Å². The van der Waals surface area contributed by atoms with Gasteiger partial charge in [0.1, 0.15) is 10.8 Å². The van der Waals surface area contributed by atoms with Gasteiger partial charge in [-0.15, -0.1) is 11.3 Å². The van der Waals surface area contributed by atoms with Gasteiger partial charge in [-0.25, -0.2) is 4.98 Å². The van der Waals surface area contributed by atoms with Crippen LogP contribution in [0.5, 0.6) is 5.75 Å². The van der Waals surface area contributed by atoms with Gasteiger partial charge < -0.3 is 10.1 Å². The zero-order chi connectivity index (χ0) is 14.4. The molecule has 0 radical (unpaired) electrons. The SMILES string of the molecule is COc1cccc(NC(=O)CNC(C)c2nccs2)c1. The maximum Gasteiger partial charge on any atom is 0.238 e. The number of benzene rings is 1. The highest BCUT2D eigenvalue weighted by atomic mass is 32.1. The van der Waals surface area contributed by atoms with Crippen LogP contribution in [-0.4, -0.2) is 24.5 Å². The second kappa shape index (κ2) is 7.02. The van der Waals surface area contributed by atoms with Crippen LogP contribution in [0.2, 0.25) is 0 Å². The van der Waals surface area contributed by atoms with Crippen molar-refractivity contribution in [3.05, 3.63) is 40.8 Å². The third-order valence-electron chi connectivity index (χ3n) is 2.74. The number of nitrogens with zero attached hydrogens (tertiary/aromatic N) is 1. The van der Waals surface area contributed by atoms with E-state index in [0.29, 0.717) is 5.75 Å². The Morgan fingerprint density at radius 3 is 3.05 bits per heavy atom. The van der Waals surface area contributed by atoms with Crippen LogP contribution in [0.3, 0.4) is 0 Å². The minimum Gasteiger partial charge on any atom is -0.497 e. The standard InChI is InChI=1S/C14H17N3O2S/c1-10(14-15-6-7-20-14)16-9-13(18)17-11-4-3-5-12(8-11)19-2/h3-8,10,16H,9H2,1-2H3,(H,17,18). The molecule has 0 fully saturated rings. The average molecular weight is 291 g/mol. The number of rotatable bonds is 6. The lowest BCUT2D eigenvalue weighted by Gasteiger charge is -2.11. The van der Waals surface area contributed by atoms with Gasteiger partial charge in [-0.3, -0.25) is 10.1 Å². The Balaban J connectivity index is 1.83. The molecule has 1 unspecified atom stereocenters. The summed E-state index contributed by atoms with van der Waals surface area (Å²) in [6, 6.07) is 7.33. The molecule has 0 saturated carbocycles. The summed E-state index contributed by atoms with van der Waals surface area (Å²) in [5, 5.41) is 8.85. The summed E-state index contributed by atoms with van der Waals surface area (Å²) in [5.74, 6) is 0.619. The molecule has 0 saturated heterocycles. The van der Waals surface area contributed by atoms with E-state index in [0.717, 1.165) is 10.7 Å². The van der Waals surface area contributed by atoms with E-state index in [9.17, 15) is 4.79 Å². The largest absolute Gasteiger partial charge is 0.497 e. The molecule has 1 heterocycles. The molecule has 0 spiro atoms. The van der Waals surface area contributed by atoms with E-state index in [2.05, 4.69) is 15.6 Å². The number of anilines is 1. The fourth-order valence-corrected chi connectivity index (χ4v) is 2.36. The molecule has 20 heavy (non-hydrogen) atoms. The van der Waals surface area contributed by atoms with E-state index in [1.807, 2.05) is 30.5 Å². The number of nitrogens with one attached hydrogen (secondary N) is 2. The van der Waals surface area contributed by atoms with Crippen molar-refractivity contribution in [3.63, 3.8) is 0 Å². The van der Waals surface area contributed by atoms with E-state index in [4.69, 9.17) is 4.74 Å². The first-order valence-corrected chi connectivity index (χ1v) is 7.13. The number of hydrogen-bond acceptors (Lipinski definition) is 5. The third-order valence-corrected chi connectivity index (χ3v) is 3.70. The van der Waals surface area contributed by atoms with Crippen molar-refractivity contribution in [2.24, 2.45) is 0 Å². The summed E-state index contributed by atoms with van der Waals surface area (Å²) in [4.78, 5) is 16.1. The second-order valence-corrected chi connectivity index (χ2v) is 5.18. The number of amides is 1. The number of carbonyl (C=O) groups is 1. The van der Waals surface area contributed by atoms with Gasteiger partial charge in [0, 0.05) is 23.3 Å². The highest BCUT2D eigenvalue weighted by molar-refractivity contribution is 7.09. The van der Waals surface area contributed by atoms with E-state index in [1.54, 1.807) is 30.7 Å². The molecular formula is C14H17N3O2S. The molecule has 1 aromatic heterocycles. The van der Waals surface area contributed by atoms with Gasteiger partial charge in [0.05, 0.1) is 19.7 Å². The summed E-state index contributed by atoms with van der Waals surface area (Å²) in [6.07, 6.45) is 1.76. The molecule has 5 nitrogen and oxygen atoms in total. The predicted molar refractivity (Wildman–Crippen MR) is 80.2 cm³/mol. The molecule has 1 amide bonds. The van der Waals surface area contributed by atoms with Gasteiger partial charge in [-0.2, -0.15) is 0 Å². The van der Waals surface area contributed by atoms with Crippen LogP contribution in [-0.2, 0) is 4.79 Å². The van der Waals surface area contributed by atoms with Crippen LogP contribution in [0, 0.1) is 0 Å². The van der Waals surface area contributed by atoms with Crippen LogP contribution in [0.1, 0.15) is 18.0 Å². The maximum absolute atomic E-state index is 11.9. The summed E-state index contributed by atoms with van der Waals surface area (Å²) in [5.41, 5.74) is 0.720. The van der Waals surface area contributed by atoms with Crippen molar-refractivity contribution in [3.8, 4) is 5.75 Å². The molecule has 0 aliphatic heterocycles. The fourth-order valence-electron chi connectivity index (χ4n) is 1.69. The Labute approximate surface area is 122 Å². The lowest BCUT2D eigenvalue weighted by Crippen LogP contribution is -2.30. The highest BCUT2D eigenvalue weighted by Gasteiger charge is 2.09. The second-order valence-electron chi connectivity index (χ2n) is 4.25. The summed E-state index contributed by atoms with van der Waals surface area (Å²) in [7, 11) is 1.60. The minimum atomic E-state index is -0.0957. The van der Waals surface area contributed by atoms with Gasteiger partial charge >= 0.3 is 0 Å². The lowest BCUT2D eigenvalue weighted by atomic mass is 10.3. The molecule has 1 atom stereocenters. The third kappa shape index (κ3) is 4.04. The van der Waals surface area contributed by atoms with Crippen molar-refractivity contribution >= 4 is 22.9 Å². The van der Waals surface area contributed by atoms with Crippen molar-refractivity contribution in [2.75, 3.05) is 19.0 Å². The van der Waals surface area contributed by atoms with Gasteiger partial charge in [0.25, 0.3) is 0 Å². The van der Waals surface area contributed by atoms with Crippen LogP contribution < -0.4 is 15.4 Å². The molecule has 0 bridgehead atoms. The molecule has 2 aromatic rings. The fraction of sp³-hybridized carbons (Fsp3) is 0.286. The predicted octanol–water partition coefficient (Wildman–Crippen LogP) is 2.44. The first-order valence-electron chi connectivity index (χ1n) is 6.25. The number of thiazole rings is 1. The summed E-state index contributed by atoms with van der Waals surface area (Å²) in [6.45, 7) is 2.22. The zero-order valence-electron chi connectivity index (χ0n) is 11.4. The number of aromatic nitrogens is 1. The van der Waals surface area contributed by atoms with Crippen LogP contribution in [0.4, 0.5) is 5.69 Å². The van der Waals surface area contributed by atoms with Crippen LogP contribution in [0.25, 0.3) is 0 Å². The molecule has 0 aliphatic carbocycles.